The van der Waals surface area contributed by atoms with Crippen molar-refractivity contribution in [2.24, 2.45) is 5.92 Å². The summed E-state index contributed by atoms with van der Waals surface area (Å²) in [7, 11) is -3.92. The summed E-state index contributed by atoms with van der Waals surface area (Å²) in [4.78, 5) is 1.92. The summed E-state index contributed by atoms with van der Waals surface area (Å²) in [6.45, 7) is 7.10. The fourth-order valence-corrected chi connectivity index (χ4v) is 4.90. The van der Waals surface area contributed by atoms with E-state index in [2.05, 4.69) is 18.7 Å². The lowest BCUT2D eigenvalue weighted by atomic mass is 10.2. The minimum atomic E-state index is -4.56. The topological polar surface area (TPSA) is 40.6 Å². The lowest BCUT2D eigenvalue weighted by Crippen LogP contribution is -2.36. The molecule has 1 aromatic carbocycles. The third-order valence-corrected chi connectivity index (χ3v) is 6.43. The third kappa shape index (κ3) is 5.09. The molecule has 1 heterocycles. The van der Waals surface area contributed by atoms with Gasteiger partial charge in [0.1, 0.15) is 4.90 Å². The minimum absolute atomic E-state index is 0.278. The number of benzene rings is 1. The molecule has 4 nitrogen and oxygen atoms in total. The van der Waals surface area contributed by atoms with Crippen molar-refractivity contribution in [2.45, 2.75) is 31.3 Å². The van der Waals surface area contributed by atoms with Crippen molar-refractivity contribution in [3.63, 3.8) is 0 Å². The molecule has 142 valence electrons. The van der Waals surface area contributed by atoms with Crippen LogP contribution in [0, 0.1) is 5.92 Å². The number of sulfonamides is 1. The maximum atomic E-state index is 12.8. The van der Waals surface area contributed by atoms with Gasteiger partial charge in [0.2, 0.25) is 10.0 Å². The molecule has 0 amide bonds. The maximum Gasteiger partial charge on any atom is 0.416 e. The molecule has 9 heteroatoms. The molecule has 1 aromatic rings. The molecule has 1 saturated heterocycles. The van der Waals surface area contributed by atoms with Gasteiger partial charge >= 0.3 is 6.18 Å². The van der Waals surface area contributed by atoms with Crippen molar-refractivity contribution in [3.8, 4) is 0 Å². The second kappa shape index (κ2) is 7.82. The molecule has 0 atom stereocenters. The van der Waals surface area contributed by atoms with E-state index < -0.39 is 26.8 Å². The van der Waals surface area contributed by atoms with Crippen molar-refractivity contribution in [1.82, 2.24) is 9.21 Å². The van der Waals surface area contributed by atoms with Crippen LogP contribution < -0.4 is 0 Å². The van der Waals surface area contributed by atoms with Crippen molar-refractivity contribution in [2.75, 3.05) is 32.7 Å². The van der Waals surface area contributed by atoms with E-state index in [4.69, 9.17) is 11.6 Å². The van der Waals surface area contributed by atoms with Gasteiger partial charge in [0, 0.05) is 26.2 Å². The van der Waals surface area contributed by atoms with E-state index in [-0.39, 0.29) is 4.90 Å². The average molecular weight is 399 g/mol. The van der Waals surface area contributed by atoms with E-state index in [1.54, 1.807) is 0 Å². The van der Waals surface area contributed by atoms with Crippen molar-refractivity contribution in [3.05, 3.63) is 28.8 Å². The van der Waals surface area contributed by atoms with Crippen LogP contribution in [0.1, 0.15) is 25.8 Å². The Balaban J connectivity index is 2.21. The minimum Gasteiger partial charge on any atom is -0.302 e. The van der Waals surface area contributed by atoms with Crippen molar-refractivity contribution >= 4 is 21.6 Å². The summed E-state index contributed by atoms with van der Waals surface area (Å²) in [5.41, 5.74) is -0.963. The number of halogens is 4. The Labute approximate surface area is 151 Å². The molecule has 0 aliphatic carbocycles. The normalized spacial score (nSPS) is 18.5. The predicted molar refractivity (Wildman–Crippen MR) is 91.1 cm³/mol. The standard InChI is InChI=1S/C16H22ClF3N2O2S/c1-12(2)11-21-6-3-7-22(9-8-21)25(23,24)15-5-4-13(10-14(15)17)16(18,19)20/h4-5,10,12H,3,6-9,11H2,1-2H3. The van der Waals surface area contributed by atoms with Crippen LogP contribution in [0.25, 0.3) is 0 Å². The first-order valence-electron chi connectivity index (χ1n) is 8.11. The van der Waals surface area contributed by atoms with Gasteiger partial charge in [0.05, 0.1) is 10.6 Å². The molecule has 0 radical (unpaired) electrons. The van der Waals surface area contributed by atoms with Crippen LogP contribution >= 0.6 is 11.6 Å². The SMILES string of the molecule is CC(C)CN1CCCN(S(=O)(=O)c2ccc(C(F)(F)F)cc2Cl)CC1. The summed E-state index contributed by atoms with van der Waals surface area (Å²) in [6.07, 6.45) is -3.89. The number of nitrogens with zero attached hydrogens (tertiary/aromatic N) is 2. The summed E-state index contributed by atoms with van der Waals surface area (Å²) in [5, 5.41) is -0.405. The second-order valence-electron chi connectivity index (χ2n) is 6.60. The summed E-state index contributed by atoms with van der Waals surface area (Å²) >= 11 is 5.86. The Kier molecular flexibility index (Phi) is 6.40. The van der Waals surface area contributed by atoms with E-state index in [0.29, 0.717) is 38.0 Å². The number of alkyl halides is 3. The van der Waals surface area contributed by atoms with Gasteiger partial charge in [-0.3, -0.25) is 0 Å². The summed E-state index contributed by atoms with van der Waals surface area (Å²) < 4.78 is 65.1. The highest BCUT2D eigenvalue weighted by Gasteiger charge is 2.34. The molecule has 0 N–H and O–H groups in total. The highest BCUT2D eigenvalue weighted by Crippen LogP contribution is 2.34. The predicted octanol–water partition coefficient (Wildman–Crippen LogP) is 3.71. The first-order chi connectivity index (χ1) is 11.5. The lowest BCUT2D eigenvalue weighted by molar-refractivity contribution is -0.137. The number of hydrogen-bond acceptors (Lipinski definition) is 3. The van der Waals surface area contributed by atoms with E-state index in [0.717, 1.165) is 25.2 Å². The largest absolute Gasteiger partial charge is 0.416 e. The van der Waals surface area contributed by atoms with Gasteiger partial charge in [-0.05, 0) is 37.1 Å². The van der Waals surface area contributed by atoms with Crippen molar-refractivity contribution < 1.29 is 21.6 Å². The molecular weight excluding hydrogens is 377 g/mol. The molecule has 1 aliphatic heterocycles. The van der Waals surface area contributed by atoms with E-state index in [1.807, 2.05) is 0 Å². The zero-order valence-corrected chi connectivity index (χ0v) is 15.8. The molecule has 0 spiro atoms. The van der Waals surface area contributed by atoms with Gasteiger partial charge in [-0.2, -0.15) is 17.5 Å². The van der Waals surface area contributed by atoms with E-state index in [1.165, 1.54) is 4.31 Å². The fraction of sp³-hybridized carbons (Fsp3) is 0.625. The van der Waals surface area contributed by atoms with Gasteiger partial charge < -0.3 is 4.90 Å². The average Bonchev–Trinajstić information content (AvgIpc) is 2.71. The Hall–Kier alpha value is -0.830. The zero-order chi connectivity index (χ0) is 18.8. The summed E-state index contributed by atoms with van der Waals surface area (Å²) in [5.74, 6) is 0.479. The van der Waals surface area contributed by atoms with Crippen LogP contribution in [0.5, 0.6) is 0 Å². The fourth-order valence-electron chi connectivity index (χ4n) is 2.91. The Morgan fingerprint density at radius 1 is 1.16 bits per heavy atom. The van der Waals surface area contributed by atoms with Gasteiger partial charge in [0.15, 0.2) is 0 Å². The van der Waals surface area contributed by atoms with E-state index >= 15 is 0 Å². The van der Waals surface area contributed by atoms with Crippen molar-refractivity contribution in [1.29, 1.82) is 0 Å². The van der Waals surface area contributed by atoms with Crippen LogP contribution in [-0.2, 0) is 16.2 Å². The van der Waals surface area contributed by atoms with Gasteiger partial charge in [-0.25, -0.2) is 8.42 Å². The molecule has 1 fully saturated rings. The monoisotopic (exact) mass is 398 g/mol. The number of hydrogen-bond donors (Lipinski definition) is 0. The van der Waals surface area contributed by atoms with Crippen LogP contribution in [0.4, 0.5) is 13.2 Å². The van der Waals surface area contributed by atoms with E-state index in [9.17, 15) is 21.6 Å². The highest BCUT2D eigenvalue weighted by atomic mass is 35.5. The maximum absolute atomic E-state index is 12.8. The summed E-state index contributed by atoms with van der Waals surface area (Å²) in [6, 6.07) is 2.36. The first-order valence-corrected chi connectivity index (χ1v) is 9.93. The molecule has 0 aromatic heterocycles. The molecule has 0 unspecified atom stereocenters. The lowest BCUT2D eigenvalue weighted by Gasteiger charge is -2.23. The third-order valence-electron chi connectivity index (χ3n) is 4.05. The zero-order valence-electron chi connectivity index (χ0n) is 14.2. The molecule has 0 bridgehead atoms. The molecule has 1 aliphatic rings. The molecule has 2 rings (SSSR count). The van der Waals surface area contributed by atoms with Gasteiger partial charge in [-0.1, -0.05) is 25.4 Å². The van der Waals surface area contributed by atoms with Crippen LogP contribution in [-0.4, -0.2) is 50.3 Å². The van der Waals surface area contributed by atoms with Gasteiger partial charge in [0.25, 0.3) is 0 Å². The van der Waals surface area contributed by atoms with Crippen LogP contribution in [0.2, 0.25) is 5.02 Å². The number of rotatable bonds is 4. The van der Waals surface area contributed by atoms with Gasteiger partial charge in [-0.15, -0.1) is 0 Å². The molecule has 25 heavy (non-hydrogen) atoms. The highest BCUT2D eigenvalue weighted by molar-refractivity contribution is 7.89. The Bertz CT molecular complexity index is 708. The second-order valence-corrected chi connectivity index (χ2v) is 8.91. The Morgan fingerprint density at radius 2 is 1.84 bits per heavy atom. The molecular formula is C16H22ClF3N2O2S. The quantitative estimate of drug-likeness (QED) is 0.776. The van der Waals surface area contributed by atoms with Crippen LogP contribution in [0.15, 0.2) is 23.1 Å². The first kappa shape index (κ1) is 20.5. The van der Waals surface area contributed by atoms with Crippen LogP contribution in [0.3, 0.4) is 0 Å². The smallest absolute Gasteiger partial charge is 0.302 e. The molecule has 0 saturated carbocycles. The Morgan fingerprint density at radius 3 is 2.40 bits per heavy atom.